The molecule has 116 valence electrons. The molecule has 1 aromatic rings. The van der Waals surface area contributed by atoms with Gasteiger partial charge in [0.05, 0.1) is 13.2 Å². The van der Waals surface area contributed by atoms with E-state index in [1.165, 1.54) is 6.07 Å². The summed E-state index contributed by atoms with van der Waals surface area (Å²) in [5.74, 6) is -0.160. The Labute approximate surface area is 123 Å². The molecule has 0 aliphatic carbocycles. The van der Waals surface area contributed by atoms with Crippen LogP contribution in [0.3, 0.4) is 0 Å². The smallest absolute Gasteiger partial charge is 0.191 e. The standard InChI is InChI=1S/C15H21F2N3O/c1-15(9-21-10-15)8-20-14(18-2)19-6-5-11-7-12(16)3-4-13(11)17/h3-4,7H,5-6,8-10H2,1-2H3,(H2,18,19,20). The van der Waals surface area contributed by atoms with Gasteiger partial charge in [-0.2, -0.15) is 0 Å². The number of hydrogen-bond donors (Lipinski definition) is 2. The van der Waals surface area contributed by atoms with E-state index in [4.69, 9.17) is 4.74 Å². The minimum absolute atomic E-state index is 0.145. The van der Waals surface area contributed by atoms with Crippen molar-refractivity contribution in [3.63, 3.8) is 0 Å². The summed E-state index contributed by atoms with van der Waals surface area (Å²) in [4.78, 5) is 4.11. The van der Waals surface area contributed by atoms with Gasteiger partial charge in [0.1, 0.15) is 11.6 Å². The molecule has 2 rings (SSSR count). The van der Waals surface area contributed by atoms with E-state index >= 15 is 0 Å². The van der Waals surface area contributed by atoms with Crippen molar-refractivity contribution in [3.05, 3.63) is 35.4 Å². The van der Waals surface area contributed by atoms with Crippen molar-refractivity contribution in [2.24, 2.45) is 10.4 Å². The van der Waals surface area contributed by atoms with Crippen LogP contribution in [-0.2, 0) is 11.2 Å². The highest BCUT2D eigenvalue weighted by molar-refractivity contribution is 5.79. The molecule has 0 aromatic heterocycles. The van der Waals surface area contributed by atoms with Gasteiger partial charge < -0.3 is 15.4 Å². The van der Waals surface area contributed by atoms with Gasteiger partial charge in [-0.05, 0) is 30.2 Å². The van der Waals surface area contributed by atoms with Gasteiger partial charge in [-0.25, -0.2) is 8.78 Å². The molecular weight excluding hydrogens is 276 g/mol. The van der Waals surface area contributed by atoms with Crippen LogP contribution in [0.4, 0.5) is 8.78 Å². The summed E-state index contributed by atoms with van der Waals surface area (Å²) in [5, 5.41) is 6.31. The molecule has 1 fully saturated rings. The summed E-state index contributed by atoms with van der Waals surface area (Å²) in [6.45, 7) is 4.87. The monoisotopic (exact) mass is 297 g/mol. The normalized spacial score (nSPS) is 17.2. The van der Waals surface area contributed by atoms with Gasteiger partial charge >= 0.3 is 0 Å². The fraction of sp³-hybridized carbons (Fsp3) is 0.533. The highest BCUT2D eigenvalue weighted by Gasteiger charge is 2.33. The number of benzene rings is 1. The Kier molecular flexibility index (Phi) is 5.12. The molecule has 1 saturated heterocycles. The Morgan fingerprint density at radius 2 is 2.10 bits per heavy atom. The van der Waals surface area contributed by atoms with Gasteiger partial charge in [0.2, 0.25) is 0 Å². The second-order valence-electron chi connectivity index (χ2n) is 5.64. The third-order valence-electron chi connectivity index (χ3n) is 3.50. The quantitative estimate of drug-likeness (QED) is 0.642. The molecule has 2 N–H and O–H groups in total. The van der Waals surface area contributed by atoms with Crippen molar-refractivity contribution >= 4 is 5.96 Å². The van der Waals surface area contributed by atoms with Crippen molar-refractivity contribution in [3.8, 4) is 0 Å². The number of halogens is 2. The lowest BCUT2D eigenvalue weighted by atomic mass is 9.89. The van der Waals surface area contributed by atoms with Crippen LogP contribution in [0.2, 0.25) is 0 Å². The summed E-state index contributed by atoms with van der Waals surface area (Å²) in [7, 11) is 1.68. The van der Waals surface area contributed by atoms with Crippen LogP contribution >= 0.6 is 0 Å². The van der Waals surface area contributed by atoms with Crippen LogP contribution in [-0.4, -0.2) is 39.3 Å². The minimum Gasteiger partial charge on any atom is -0.380 e. The number of nitrogens with zero attached hydrogens (tertiary/aromatic N) is 1. The number of guanidine groups is 1. The zero-order valence-corrected chi connectivity index (χ0v) is 12.4. The Balaban J connectivity index is 1.76. The molecular formula is C15H21F2N3O. The van der Waals surface area contributed by atoms with Crippen molar-refractivity contribution in [2.45, 2.75) is 13.3 Å². The van der Waals surface area contributed by atoms with Crippen LogP contribution < -0.4 is 10.6 Å². The second-order valence-corrected chi connectivity index (χ2v) is 5.64. The molecule has 1 aliphatic heterocycles. The Bertz CT molecular complexity index is 516. The topological polar surface area (TPSA) is 45.7 Å². The maximum absolute atomic E-state index is 13.5. The zero-order valence-electron chi connectivity index (χ0n) is 12.4. The van der Waals surface area contributed by atoms with Crippen molar-refractivity contribution in [1.29, 1.82) is 0 Å². The van der Waals surface area contributed by atoms with Crippen molar-refractivity contribution in [2.75, 3.05) is 33.4 Å². The SMILES string of the molecule is CN=C(NCCc1cc(F)ccc1F)NCC1(C)COC1. The molecule has 1 aliphatic rings. The molecule has 0 unspecified atom stereocenters. The number of hydrogen-bond acceptors (Lipinski definition) is 2. The predicted molar refractivity (Wildman–Crippen MR) is 78.4 cm³/mol. The van der Waals surface area contributed by atoms with Crippen LogP contribution in [0.5, 0.6) is 0 Å². The first-order chi connectivity index (χ1) is 10.0. The zero-order chi connectivity index (χ0) is 15.3. The lowest BCUT2D eigenvalue weighted by Gasteiger charge is -2.38. The summed E-state index contributed by atoms with van der Waals surface area (Å²) in [6, 6.07) is 3.49. The van der Waals surface area contributed by atoms with E-state index in [9.17, 15) is 8.78 Å². The summed E-state index contributed by atoms with van der Waals surface area (Å²) in [5.41, 5.74) is 0.504. The molecule has 0 spiro atoms. The molecule has 6 heteroatoms. The maximum Gasteiger partial charge on any atom is 0.191 e. The predicted octanol–water partition coefficient (Wildman–Crippen LogP) is 1.71. The molecule has 1 aromatic carbocycles. The number of ether oxygens (including phenoxy) is 1. The average Bonchev–Trinajstić information content (AvgIpc) is 2.44. The Morgan fingerprint density at radius 1 is 1.33 bits per heavy atom. The molecule has 0 saturated carbocycles. The fourth-order valence-corrected chi connectivity index (χ4v) is 2.12. The van der Waals surface area contributed by atoms with Crippen LogP contribution in [0.25, 0.3) is 0 Å². The third kappa shape index (κ3) is 4.39. The summed E-state index contributed by atoms with van der Waals surface area (Å²) >= 11 is 0. The van der Waals surface area contributed by atoms with Crippen molar-refractivity contribution in [1.82, 2.24) is 10.6 Å². The largest absolute Gasteiger partial charge is 0.380 e. The average molecular weight is 297 g/mol. The first-order valence-electron chi connectivity index (χ1n) is 6.99. The van der Waals surface area contributed by atoms with Gasteiger partial charge in [-0.15, -0.1) is 0 Å². The van der Waals surface area contributed by atoms with Crippen LogP contribution in [0.1, 0.15) is 12.5 Å². The molecule has 4 nitrogen and oxygen atoms in total. The molecule has 0 bridgehead atoms. The first kappa shape index (κ1) is 15.7. The van der Waals surface area contributed by atoms with E-state index in [1.54, 1.807) is 7.05 Å². The lowest BCUT2D eigenvalue weighted by molar-refractivity contribution is -0.0971. The number of rotatable bonds is 5. The van der Waals surface area contributed by atoms with Crippen molar-refractivity contribution < 1.29 is 13.5 Å². The summed E-state index contributed by atoms with van der Waals surface area (Å²) < 4.78 is 31.7. The molecule has 0 amide bonds. The van der Waals surface area contributed by atoms with Gasteiger partial charge in [-0.1, -0.05) is 6.92 Å². The second kappa shape index (κ2) is 6.85. The number of aliphatic imine (C=N–C) groups is 1. The van der Waals surface area contributed by atoms with E-state index in [0.717, 1.165) is 31.9 Å². The first-order valence-corrected chi connectivity index (χ1v) is 6.99. The lowest BCUT2D eigenvalue weighted by Crippen LogP contribution is -2.51. The molecule has 0 atom stereocenters. The molecule has 1 heterocycles. The van der Waals surface area contributed by atoms with Gasteiger partial charge in [0.15, 0.2) is 5.96 Å². The molecule has 0 radical (unpaired) electrons. The van der Waals surface area contributed by atoms with Gasteiger partial charge in [-0.3, -0.25) is 4.99 Å². The highest BCUT2D eigenvalue weighted by atomic mass is 19.1. The van der Waals surface area contributed by atoms with E-state index in [0.29, 0.717) is 24.5 Å². The number of nitrogens with one attached hydrogen (secondary N) is 2. The van der Waals surface area contributed by atoms with Crippen LogP contribution in [0, 0.1) is 17.0 Å². The van der Waals surface area contributed by atoms with Gasteiger partial charge in [0, 0.05) is 25.6 Å². The maximum atomic E-state index is 13.5. The Morgan fingerprint density at radius 3 is 2.71 bits per heavy atom. The van der Waals surface area contributed by atoms with E-state index in [2.05, 4.69) is 22.5 Å². The summed E-state index contributed by atoms with van der Waals surface area (Å²) in [6.07, 6.45) is 0.394. The van der Waals surface area contributed by atoms with Gasteiger partial charge in [0.25, 0.3) is 0 Å². The van der Waals surface area contributed by atoms with E-state index in [-0.39, 0.29) is 11.2 Å². The molecule has 21 heavy (non-hydrogen) atoms. The van der Waals surface area contributed by atoms with E-state index < -0.39 is 5.82 Å². The Hall–Kier alpha value is -1.69. The van der Waals surface area contributed by atoms with Crippen LogP contribution in [0.15, 0.2) is 23.2 Å². The minimum atomic E-state index is -0.424. The van der Waals surface area contributed by atoms with E-state index in [1.807, 2.05) is 0 Å². The third-order valence-corrected chi connectivity index (χ3v) is 3.50. The highest BCUT2D eigenvalue weighted by Crippen LogP contribution is 2.24. The fourth-order valence-electron chi connectivity index (χ4n) is 2.12.